The summed E-state index contributed by atoms with van der Waals surface area (Å²) in [6, 6.07) is 1.97. The first-order valence-electron chi connectivity index (χ1n) is 6.06. The van der Waals surface area contributed by atoms with E-state index in [1.165, 1.54) is 21.9 Å². The second kappa shape index (κ2) is 5.10. The summed E-state index contributed by atoms with van der Waals surface area (Å²) in [5.74, 6) is 0.786. The maximum atomic E-state index is 11.5. The van der Waals surface area contributed by atoms with E-state index in [1.54, 1.807) is 0 Å². The summed E-state index contributed by atoms with van der Waals surface area (Å²) < 4.78 is 24.5. The number of halogens is 1. The van der Waals surface area contributed by atoms with E-state index < -0.39 is 10.0 Å². The van der Waals surface area contributed by atoms with Gasteiger partial charge in [-0.2, -0.15) is 9.29 Å². The first-order valence-corrected chi connectivity index (χ1v) is 9.16. The topological polar surface area (TPSA) is 66.4 Å². The molecule has 1 fully saturated rings. The van der Waals surface area contributed by atoms with Crippen LogP contribution in [0.4, 0.5) is 5.82 Å². The summed E-state index contributed by atoms with van der Waals surface area (Å²) in [6.07, 6.45) is 1.24. The van der Waals surface area contributed by atoms with E-state index in [2.05, 4.69) is 14.9 Å². The fourth-order valence-electron chi connectivity index (χ4n) is 2.29. The minimum absolute atomic E-state index is 0.223. The summed E-state index contributed by atoms with van der Waals surface area (Å²) in [5, 5.41) is 3.14. The zero-order valence-electron chi connectivity index (χ0n) is 10.8. The van der Waals surface area contributed by atoms with Crippen LogP contribution in [0.1, 0.15) is 0 Å². The lowest BCUT2D eigenvalue weighted by molar-refractivity contribution is 0.387. The molecule has 3 heterocycles. The average Bonchev–Trinajstić information content (AvgIpc) is 2.85. The largest absolute Gasteiger partial charge is 0.353 e. The van der Waals surface area contributed by atoms with E-state index in [0.29, 0.717) is 26.2 Å². The van der Waals surface area contributed by atoms with Crippen molar-refractivity contribution >= 4 is 49.0 Å². The Morgan fingerprint density at radius 2 is 1.95 bits per heavy atom. The van der Waals surface area contributed by atoms with Gasteiger partial charge in [-0.15, -0.1) is 11.3 Å². The minimum atomic E-state index is -3.12. The first-order chi connectivity index (χ1) is 9.45. The molecule has 0 aliphatic carbocycles. The van der Waals surface area contributed by atoms with Gasteiger partial charge in [0, 0.05) is 26.2 Å². The number of anilines is 1. The maximum absolute atomic E-state index is 11.5. The number of sulfonamides is 1. The Morgan fingerprint density at radius 3 is 2.60 bits per heavy atom. The Bertz CT molecular complexity index is 738. The van der Waals surface area contributed by atoms with Crippen molar-refractivity contribution < 1.29 is 8.42 Å². The van der Waals surface area contributed by atoms with Crippen LogP contribution in [0.3, 0.4) is 0 Å². The molecule has 2 aromatic rings. The molecule has 0 bridgehead atoms. The van der Waals surface area contributed by atoms with Crippen molar-refractivity contribution in [2.24, 2.45) is 0 Å². The molecule has 0 spiro atoms. The van der Waals surface area contributed by atoms with Crippen molar-refractivity contribution in [2.75, 3.05) is 37.3 Å². The Balaban J connectivity index is 1.89. The van der Waals surface area contributed by atoms with E-state index in [9.17, 15) is 8.42 Å². The van der Waals surface area contributed by atoms with Gasteiger partial charge in [0.05, 0.1) is 11.6 Å². The van der Waals surface area contributed by atoms with Gasteiger partial charge >= 0.3 is 0 Å². The van der Waals surface area contributed by atoms with Gasteiger partial charge in [-0.3, -0.25) is 0 Å². The molecule has 0 atom stereocenters. The second-order valence-electron chi connectivity index (χ2n) is 4.60. The lowest BCUT2D eigenvalue weighted by Crippen LogP contribution is -2.48. The molecule has 0 N–H and O–H groups in total. The predicted octanol–water partition coefficient (Wildman–Crippen LogP) is 1.43. The smallest absolute Gasteiger partial charge is 0.225 e. The van der Waals surface area contributed by atoms with Gasteiger partial charge in [0.1, 0.15) is 10.6 Å². The molecule has 0 radical (unpaired) electrons. The van der Waals surface area contributed by atoms with Crippen LogP contribution >= 0.6 is 22.9 Å². The van der Waals surface area contributed by atoms with E-state index in [1.807, 2.05) is 11.4 Å². The fraction of sp³-hybridized carbons (Fsp3) is 0.455. The molecule has 1 aliphatic rings. The Kier molecular flexibility index (Phi) is 3.57. The highest BCUT2D eigenvalue weighted by Gasteiger charge is 2.25. The highest BCUT2D eigenvalue weighted by molar-refractivity contribution is 7.88. The summed E-state index contributed by atoms with van der Waals surface area (Å²) in [6.45, 7) is 2.13. The van der Waals surface area contributed by atoms with E-state index in [0.717, 1.165) is 16.0 Å². The second-order valence-corrected chi connectivity index (χ2v) is 7.82. The number of rotatable bonds is 2. The third-order valence-electron chi connectivity index (χ3n) is 3.28. The Hall–Kier alpha value is -0.960. The molecule has 0 saturated carbocycles. The molecular weight excluding hydrogens is 320 g/mol. The summed E-state index contributed by atoms with van der Waals surface area (Å²) in [5.41, 5.74) is 0. The highest BCUT2D eigenvalue weighted by Crippen LogP contribution is 2.29. The summed E-state index contributed by atoms with van der Waals surface area (Å²) in [4.78, 5) is 11.4. The van der Waals surface area contributed by atoms with E-state index >= 15 is 0 Å². The number of hydrogen-bond donors (Lipinski definition) is 0. The van der Waals surface area contributed by atoms with Crippen LogP contribution in [0.15, 0.2) is 11.4 Å². The van der Waals surface area contributed by atoms with Gasteiger partial charge in [0.25, 0.3) is 0 Å². The normalized spacial score (nSPS) is 17.8. The van der Waals surface area contributed by atoms with E-state index in [4.69, 9.17) is 11.6 Å². The van der Waals surface area contributed by atoms with Crippen molar-refractivity contribution in [3.63, 3.8) is 0 Å². The van der Waals surface area contributed by atoms with Gasteiger partial charge < -0.3 is 4.90 Å². The maximum Gasteiger partial charge on any atom is 0.225 e. The van der Waals surface area contributed by atoms with Crippen LogP contribution in [-0.4, -0.2) is 55.1 Å². The van der Waals surface area contributed by atoms with Crippen molar-refractivity contribution in [3.05, 3.63) is 16.7 Å². The molecule has 108 valence electrons. The van der Waals surface area contributed by atoms with Crippen molar-refractivity contribution in [1.82, 2.24) is 14.3 Å². The molecule has 0 amide bonds. The van der Waals surface area contributed by atoms with Gasteiger partial charge in [0.2, 0.25) is 15.3 Å². The van der Waals surface area contributed by atoms with Gasteiger partial charge in [-0.05, 0) is 23.0 Å². The molecule has 2 aromatic heterocycles. The molecule has 6 nitrogen and oxygen atoms in total. The summed E-state index contributed by atoms with van der Waals surface area (Å²) >= 11 is 7.47. The third-order valence-corrected chi connectivity index (χ3v) is 5.56. The Labute approximate surface area is 126 Å². The molecule has 1 saturated heterocycles. The van der Waals surface area contributed by atoms with Crippen LogP contribution < -0.4 is 4.90 Å². The van der Waals surface area contributed by atoms with Gasteiger partial charge in [-0.1, -0.05) is 0 Å². The SMILES string of the molecule is CS(=O)(=O)N1CCN(c2nc(Cl)nc3sccc23)CC1. The van der Waals surface area contributed by atoms with Crippen LogP contribution in [0, 0.1) is 0 Å². The summed E-state index contributed by atoms with van der Waals surface area (Å²) in [7, 11) is -3.12. The van der Waals surface area contributed by atoms with Crippen LogP contribution in [-0.2, 0) is 10.0 Å². The molecule has 20 heavy (non-hydrogen) atoms. The quantitative estimate of drug-likeness (QED) is 0.778. The van der Waals surface area contributed by atoms with Crippen LogP contribution in [0.5, 0.6) is 0 Å². The van der Waals surface area contributed by atoms with Crippen molar-refractivity contribution in [2.45, 2.75) is 0 Å². The number of piperazine rings is 1. The first kappa shape index (κ1) is 14.0. The number of fused-ring (bicyclic) bond motifs is 1. The number of nitrogens with zero attached hydrogens (tertiary/aromatic N) is 4. The molecule has 9 heteroatoms. The lowest BCUT2D eigenvalue weighted by Gasteiger charge is -2.34. The predicted molar refractivity (Wildman–Crippen MR) is 81.1 cm³/mol. The average molecular weight is 333 g/mol. The van der Waals surface area contributed by atoms with Crippen LogP contribution in [0.25, 0.3) is 10.2 Å². The van der Waals surface area contributed by atoms with E-state index in [-0.39, 0.29) is 5.28 Å². The van der Waals surface area contributed by atoms with Gasteiger partial charge in [-0.25, -0.2) is 13.4 Å². The molecule has 1 aliphatic heterocycles. The third kappa shape index (κ3) is 2.60. The van der Waals surface area contributed by atoms with Crippen molar-refractivity contribution in [3.8, 4) is 0 Å². The zero-order valence-corrected chi connectivity index (χ0v) is 13.2. The Morgan fingerprint density at radius 1 is 1.25 bits per heavy atom. The fourth-order valence-corrected chi connectivity index (χ4v) is 4.09. The molecule has 0 unspecified atom stereocenters. The number of hydrogen-bond acceptors (Lipinski definition) is 6. The molecule has 0 aromatic carbocycles. The van der Waals surface area contributed by atoms with Crippen LogP contribution in [0.2, 0.25) is 5.28 Å². The zero-order chi connectivity index (χ0) is 14.3. The minimum Gasteiger partial charge on any atom is -0.353 e. The standard InChI is InChI=1S/C11H13ClN4O2S2/c1-20(17,18)16-5-3-15(4-6-16)9-8-2-7-19-10(8)14-11(12)13-9/h2,7H,3-6H2,1H3. The highest BCUT2D eigenvalue weighted by atomic mass is 35.5. The van der Waals surface area contributed by atoms with Crippen molar-refractivity contribution in [1.29, 1.82) is 0 Å². The molecular formula is C11H13ClN4O2S2. The monoisotopic (exact) mass is 332 g/mol. The molecule has 3 rings (SSSR count). The number of thiophene rings is 1. The lowest BCUT2D eigenvalue weighted by atomic mass is 10.3. The van der Waals surface area contributed by atoms with Gasteiger partial charge in [0.15, 0.2) is 0 Å². The number of aromatic nitrogens is 2.